The number of aliphatic hydroxyl groups is 1. The number of nitrogens with one attached hydrogen (secondary N) is 2. The Labute approximate surface area is 243 Å². The van der Waals surface area contributed by atoms with Gasteiger partial charge >= 0.3 is 0 Å². The van der Waals surface area contributed by atoms with Crippen LogP contribution in [0.2, 0.25) is 0 Å². The first kappa shape index (κ1) is 27.7. The van der Waals surface area contributed by atoms with E-state index in [-0.39, 0.29) is 48.1 Å². The van der Waals surface area contributed by atoms with Gasteiger partial charge < -0.3 is 20.6 Å². The highest BCUT2D eigenvalue weighted by Gasteiger charge is 2.76. The van der Waals surface area contributed by atoms with E-state index >= 15 is 0 Å². The fourth-order valence-electron chi connectivity index (χ4n) is 7.26. The van der Waals surface area contributed by atoms with Gasteiger partial charge in [-0.3, -0.25) is 14.4 Å². The van der Waals surface area contributed by atoms with Gasteiger partial charge in [-0.15, -0.1) is 16.9 Å². The number of carbonyl (C=O) groups is 3. The van der Waals surface area contributed by atoms with E-state index in [1.807, 2.05) is 68.4 Å². The molecule has 2 bridgehead atoms. The Morgan fingerprint density at radius 2 is 1.88 bits per heavy atom. The topological polar surface area (TPSA) is 129 Å². The van der Waals surface area contributed by atoms with Crippen LogP contribution in [0.15, 0.2) is 54.6 Å². The fourth-order valence-corrected chi connectivity index (χ4v) is 9.67. The van der Waals surface area contributed by atoms with Gasteiger partial charge in [-0.2, -0.15) is 0 Å². The maximum Gasteiger partial charge on any atom is 0.245 e. The normalized spacial score (nSPS) is 29.9. The first-order valence-corrected chi connectivity index (χ1v) is 15.2. The number of likely N-dealkylation sites (tertiary alicyclic amines) is 1. The van der Waals surface area contributed by atoms with Crippen molar-refractivity contribution < 1.29 is 19.5 Å². The van der Waals surface area contributed by atoms with Crippen LogP contribution in [-0.4, -0.2) is 71.4 Å². The maximum absolute atomic E-state index is 14.4. The lowest BCUT2D eigenvalue weighted by Crippen LogP contribution is -2.59. The molecule has 216 valence electrons. The van der Waals surface area contributed by atoms with Crippen molar-refractivity contribution in [3.63, 3.8) is 0 Å². The van der Waals surface area contributed by atoms with E-state index in [9.17, 15) is 19.5 Å². The van der Waals surface area contributed by atoms with E-state index in [2.05, 4.69) is 27.9 Å². The van der Waals surface area contributed by atoms with Gasteiger partial charge in [0, 0.05) is 10.9 Å². The van der Waals surface area contributed by atoms with E-state index in [0.717, 1.165) is 23.9 Å². The zero-order chi connectivity index (χ0) is 28.9. The van der Waals surface area contributed by atoms with Gasteiger partial charge in [0.25, 0.3) is 0 Å². The summed E-state index contributed by atoms with van der Waals surface area (Å²) in [6.07, 6.45) is 1.47. The minimum atomic E-state index is -0.833. The Morgan fingerprint density at radius 1 is 1.15 bits per heavy atom. The van der Waals surface area contributed by atoms with Crippen LogP contribution in [-0.2, 0) is 21.1 Å². The van der Waals surface area contributed by atoms with E-state index in [4.69, 9.17) is 0 Å². The Morgan fingerprint density at radius 3 is 2.61 bits per heavy atom. The highest BCUT2D eigenvalue weighted by molar-refractivity contribution is 8.02. The van der Waals surface area contributed by atoms with Crippen molar-refractivity contribution in [2.24, 2.45) is 23.7 Å². The van der Waals surface area contributed by atoms with Crippen LogP contribution in [0.3, 0.4) is 0 Å². The van der Waals surface area contributed by atoms with Gasteiger partial charge in [-0.25, -0.2) is 4.68 Å². The molecule has 3 aliphatic rings. The van der Waals surface area contributed by atoms with Crippen molar-refractivity contribution in [3.8, 4) is 0 Å². The molecule has 0 aliphatic carbocycles. The SMILES string of the molecule is CC[C@H](C)[C@H](CO)N1C(=O)[C@@H]2[C@H](C(=O)Nc3ccccc3)[C@@H]3CC(C)C2(S3)C1C(=O)NCn1nnc2ccccc21. The molecule has 0 saturated carbocycles. The summed E-state index contributed by atoms with van der Waals surface area (Å²) in [4.78, 5) is 44.1. The minimum absolute atomic E-state index is 0.0245. The van der Waals surface area contributed by atoms with Gasteiger partial charge in [-0.1, -0.05) is 62.7 Å². The molecule has 8 atom stereocenters. The monoisotopic (exact) mass is 576 g/mol. The second kappa shape index (κ2) is 10.8. The first-order valence-electron chi connectivity index (χ1n) is 14.3. The molecule has 1 aromatic heterocycles. The molecule has 41 heavy (non-hydrogen) atoms. The summed E-state index contributed by atoms with van der Waals surface area (Å²) in [6.45, 7) is 5.92. The van der Waals surface area contributed by atoms with Crippen molar-refractivity contribution in [1.82, 2.24) is 25.2 Å². The Bertz CT molecular complexity index is 1470. The number of nitrogens with zero attached hydrogens (tertiary/aromatic N) is 4. The number of carbonyl (C=O) groups excluding carboxylic acids is 3. The number of fused-ring (bicyclic) bond motifs is 2. The minimum Gasteiger partial charge on any atom is -0.394 e. The highest BCUT2D eigenvalue weighted by atomic mass is 32.2. The molecule has 3 N–H and O–H groups in total. The highest BCUT2D eigenvalue weighted by Crippen LogP contribution is 2.69. The van der Waals surface area contributed by atoms with Gasteiger partial charge in [0.2, 0.25) is 17.7 Å². The Balaban J connectivity index is 1.36. The fraction of sp³-hybridized carbons (Fsp3) is 0.500. The molecule has 3 unspecified atom stereocenters. The van der Waals surface area contributed by atoms with Gasteiger partial charge in [0.05, 0.1) is 34.7 Å². The predicted molar refractivity (Wildman–Crippen MR) is 157 cm³/mol. The van der Waals surface area contributed by atoms with E-state index in [1.165, 1.54) is 0 Å². The lowest BCUT2D eigenvalue weighted by molar-refractivity contribution is -0.143. The van der Waals surface area contributed by atoms with Gasteiger partial charge in [0.1, 0.15) is 18.2 Å². The molecule has 3 aliphatic heterocycles. The van der Waals surface area contributed by atoms with Crippen LogP contribution in [0.5, 0.6) is 0 Å². The molecule has 1 spiro atoms. The molecule has 2 aromatic carbocycles. The third kappa shape index (κ3) is 4.32. The molecule has 3 amide bonds. The molecule has 3 aromatic rings. The number of aromatic nitrogens is 3. The summed E-state index contributed by atoms with van der Waals surface area (Å²) in [5.74, 6) is -1.96. The zero-order valence-corrected chi connectivity index (χ0v) is 24.3. The van der Waals surface area contributed by atoms with Crippen molar-refractivity contribution in [2.75, 3.05) is 11.9 Å². The lowest BCUT2D eigenvalue weighted by atomic mass is 9.66. The summed E-state index contributed by atoms with van der Waals surface area (Å²) in [6, 6.07) is 15.4. The van der Waals surface area contributed by atoms with Crippen LogP contribution in [0.4, 0.5) is 5.69 Å². The van der Waals surface area contributed by atoms with E-state index in [1.54, 1.807) is 21.3 Å². The number of rotatable bonds is 9. The summed E-state index contributed by atoms with van der Waals surface area (Å²) in [7, 11) is 0. The third-order valence-electron chi connectivity index (χ3n) is 9.44. The molecule has 6 rings (SSSR count). The number of anilines is 1. The second-order valence-corrected chi connectivity index (χ2v) is 13.1. The van der Waals surface area contributed by atoms with Gasteiger partial charge in [-0.05, 0) is 42.5 Å². The third-order valence-corrected chi connectivity index (χ3v) is 11.5. The quantitative estimate of drug-likeness (QED) is 0.357. The van der Waals surface area contributed by atoms with Crippen molar-refractivity contribution >= 4 is 46.2 Å². The van der Waals surface area contributed by atoms with Crippen LogP contribution in [0.1, 0.15) is 33.6 Å². The zero-order valence-electron chi connectivity index (χ0n) is 23.4. The molecule has 3 saturated heterocycles. The van der Waals surface area contributed by atoms with Crippen molar-refractivity contribution in [1.29, 1.82) is 0 Å². The number of hydrogen-bond acceptors (Lipinski definition) is 7. The van der Waals surface area contributed by atoms with Crippen molar-refractivity contribution in [3.05, 3.63) is 54.6 Å². The van der Waals surface area contributed by atoms with Crippen molar-refractivity contribution in [2.45, 2.75) is 62.4 Å². The predicted octanol–water partition coefficient (Wildman–Crippen LogP) is 2.89. The Hall–Kier alpha value is -3.44. The second-order valence-electron chi connectivity index (χ2n) is 11.6. The number of aliphatic hydroxyl groups excluding tert-OH is 1. The van der Waals surface area contributed by atoms with Crippen LogP contribution in [0, 0.1) is 23.7 Å². The van der Waals surface area contributed by atoms with E-state index in [0.29, 0.717) is 5.69 Å². The lowest BCUT2D eigenvalue weighted by Gasteiger charge is -2.41. The summed E-state index contributed by atoms with van der Waals surface area (Å²) in [5, 5.41) is 24.9. The summed E-state index contributed by atoms with van der Waals surface area (Å²) >= 11 is 1.62. The maximum atomic E-state index is 14.4. The number of para-hydroxylation sites is 2. The summed E-state index contributed by atoms with van der Waals surface area (Å²) < 4.78 is 0.844. The molecule has 0 radical (unpaired) electrons. The largest absolute Gasteiger partial charge is 0.394 e. The first-order chi connectivity index (χ1) is 19.8. The molecule has 3 fully saturated rings. The number of amides is 3. The standard InChI is InChI=1S/C30H36N6O4S/c1-4-17(2)22(15-37)36-26(28(39)31-16-35-21-13-9-8-12-20(21)33-34-35)30-18(3)14-23(41-30)24(25(30)29(36)40)27(38)32-19-10-6-5-7-11-19/h5-13,17-18,22-26,37H,4,14-16H2,1-3H3,(H,31,39)(H,32,38)/t17-,18?,22-,23-,24+,25-,26?,30?/m0/s1. The number of benzene rings is 2. The van der Waals surface area contributed by atoms with Crippen LogP contribution >= 0.6 is 11.8 Å². The molecule has 4 heterocycles. The van der Waals surface area contributed by atoms with Gasteiger partial charge in [0.15, 0.2) is 0 Å². The smallest absolute Gasteiger partial charge is 0.245 e. The number of thioether (sulfide) groups is 1. The van der Waals surface area contributed by atoms with Crippen LogP contribution in [0.25, 0.3) is 11.0 Å². The molecular weight excluding hydrogens is 540 g/mol. The number of hydrogen-bond donors (Lipinski definition) is 3. The average Bonchev–Trinajstić information content (AvgIpc) is 3.70. The molecular formula is C30H36N6O4S. The molecule has 11 heteroatoms. The summed E-state index contributed by atoms with van der Waals surface area (Å²) in [5.41, 5.74) is 2.19. The average molecular weight is 577 g/mol. The van der Waals surface area contributed by atoms with E-state index < -0.39 is 28.7 Å². The molecule has 10 nitrogen and oxygen atoms in total. The Kier molecular flexibility index (Phi) is 7.27. The van der Waals surface area contributed by atoms with Crippen LogP contribution < -0.4 is 10.6 Å².